The maximum Gasteiger partial charge on any atom is 0.311 e. The Kier molecular flexibility index (Phi) is 3.51. The smallest absolute Gasteiger partial charge is 0.311 e. The summed E-state index contributed by atoms with van der Waals surface area (Å²) in [5.41, 5.74) is -0.983. The molecule has 1 rings (SSSR count). The molecule has 0 saturated carbocycles. The van der Waals surface area contributed by atoms with Crippen LogP contribution >= 0.6 is 0 Å². The highest BCUT2D eigenvalue weighted by atomic mass is 32.2. The Morgan fingerprint density at radius 2 is 1.83 bits per heavy atom. The van der Waals surface area contributed by atoms with Crippen molar-refractivity contribution >= 4 is 21.7 Å². The number of amides is 1. The molecule has 1 saturated heterocycles. The Morgan fingerprint density at radius 3 is 2.17 bits per heavy atom. The number of carbonyl (C=O) groups excluding carboxylic acids is 1. The predicted octanol–water partition coefficient (Wildman–Crippen LogP) is 0.133. The maximum atomic E-state index is 12.2. The molecule has 104 valence electrons. The molecule has 1 aliphatic heterocycles. The lowest BCUT2D eigenvalue weighted by molar-refractivity contribution is -0.147. The van der Waals surface area contributed by atoms with E-state index in [-0.39, 0.29) is 13.1 Å². The third-order valence-corrected chi connectivity index (χ3v) is 5.75. The molecule has 0 bridgehead atoms. The molecule has 0 aromatic heterocycles. The maximum absolute atomic E-state index is 12.2. The molecule has 7 heteroatoms. The van der Waals surface area contributed by atoms with Crippen LogP contribution in [0.4, 0.5) is 0 Å². The number of aliphatic carboxylic acids is 1. The normalized spacial score (nSPS) is 25.2. The minimum Gasteiger partial charge on any atom is -0.481 e. The molecule has 1 aliphatic rings. The van der Waals surface area contributed by atoms with Gasteiger partial charge in [0.05, 0.1) is 5.41 Å². The standard InChI is InChI=1S/C11H19NO5S/c1-10(2,18(4,16)17)8(13)12-6-5-11(3,7-12)9(14)15/h5-7H2,1-4H3,(H,14,15). The SMILES string of the molecule is CC1(C(=O)O)CCN(C(=O)C(C)(C)S(C)(=O)=O)C1. The molecule has 0 aromatic carbocycles. The van der Waals surface area contributed by atoms with Gasteiger partial charge in [-0.2, -0.15) is 0 Å². The van der Waals surface area contributed by atoms with Crippen molar-refractivity contribution in [2.45, 2.75) is 31.9 Å². The van der Waals surface area contributed by atoms with Gasteiger partial charge in [0.1, 0.15) is 4.75 Å². The number of hydrogen-bond donors (Lipinski definition) is 1. The third-order valence-electron chi connectivity index (χ3n) is 3.72. The van der Waals surface area contributed by atoms with Crippen LogP contribution in [0.5, 0.6) is 0 Å². The van der Waals surface area contributed by atoms with E-state index in [2.05, 4.69) is 0 Å². The van der Waals surface area contributed by atoms with Crippen LogP contribution < -0.4 is 0 Å². The summed E-state index contributed by atoms with van der Waals surface area (Å²) in [6.07, 6.45) is 1.35. The number of sulfone groups is 1. The molecule has 0 aliphatic carbocycles. The summed E-state index contributed by atoms with van der Waals surface area (Å²) in [5, 5.41) is 9.08. The number of carbonyl (C=O) groups is 2. The van der Waals surface area contributed by atoms with E-state index in [1.54, 1.807) is 6.92 Å². The number of carboxylic acid groups (broad SMARTS) is 1. The Hall–Kier alpha value is -1.11. The molecule has 0 spiro atoms. The average molecular weight is 277 g/mol. The molecule has 1 N–H and O–H groups in total. The van der Waals surface area contributed by atoms with Crippen LogP contribution in [0.1, 0.15) is 27.2 Å². The molecule has 1 fully saturated rings. The second-order valence-corrected chi connectivity index (χ2v) is 8.19. The van der Waals surface area contributed by atoms with Gasteiger partial charge in [0, 0.05) is 19.3 Å². The lowest BCUT2D eigenvalue weighted by Crippen LogP contribution is -2.49. The van der Waals surface area contributed by atoms with Gasteiger partial charge in [-0.3, -0.25) is 9.59 Å². The summed E-state index contributed by atoms with van der Waals surface area (Å²) in [4.78, 5) is 24.6. The zero-order valence-corrected chi connectivity index (χ0v) is 11.9. The summed E-state index contributed by atoms with van der Waals surface area (Å²) >= 11 is 0. The van der Waals surface area contributed by atoms with Gasteiger partial charge in [-0.1, -0.05) is 0 Å². The summed E-state index contributed by atoms with van der Waals surface area (Å²) in [6.45, 7) is 4.60. The van der Waals surface area contributed by atoms with Gasteiger partial charge < -0.3 is 10.0 Å². The quantitative estimate of drug-likeness (QED) is 0.792. The first-order valence-corrected chi connectivity index (χ1v) is 7.53. The molecule has 1 amide bonds. The van der Waals surface area contributed by atoms with Crippen molar-refractivity contribution < 1.29 is 23.1 Å². The highest BCUT2D eigenvalue weighted by Gasteiger charge is 2.48. The largest absolute Gasteiger partial charge is 0.481 e. The third kappa shape index (κ3) is 2.36. The van der Waals surface area contributed by atoms with Crippen molar-refractivity contribution in [3.8, 4) is 0 Å². The molecule has 0 radical (unpaired) electrons. The zero-order chi connectivity index (χ0) is 14.4. The van der Waals surface area contributed by atoms with Crippen LogP contribution in [0.15, 0.2) is 0 Å². The first-order chi connectivity index (χ1) is 7.92. The van der Waals surface area contributed by atoms with E-state index in [1.165, 1.54) is 18.7 Å². The van der Waals surface area contributed by atoms with Crippen molar-refractivity contribution in [2.24, 2.45) is 5.41 Å². The zero-order valence-electron chi connectivity index (χ0n) is 11.1. The van der Waals surface area contributed by atoms with Crippen LogP contribution in [0, 0.1) is 5.41 Å². The fourth-order valence-corrected chi connectivity index (χ4v) is 2.29. The topological polar surface area (TPSA) is 91.8 Å². The lowest BCUT2D eigenvalue weighted by atomic mass is 9.90. The van der Waals surface area contributed by atoms with Gasteiger partial charge in [0.2, 0.25) is 5.91 Å². The van der Waals surface area contributed by atoms with Gasteiger partial charge in [0.25, 0.3) is 0 Å². The van der Waals surface area contributed by atoms with Gasteiger partial charge in [0.15, 0.2) is 9.84 Å². The predicted molar refractivity (Wildman–Crippen MR) is 65.9 cm³/mol. The van der Waals surface area contributed by atoms with Crippen molar-refractivity contribution in [1.82, 2.24) is 4.90 Å². The molecular weight excluding hydrogens is 258 g/mol. The fraction of sp³-hybridized carbons (Fsp3) is 0.818. The summed E-state index contributed by atoms with van der Waals surface area (Å²) < 4.78 is 21.6. The van der Waals surface area contributed by atoms with Crippen LogP contribution in [0.25, 0.3) is 0 Å². The molecule has 18 heavy (non-hydrogen) atoms. The van der Waals surface area contributed by atoms with E-state index in [0.717, 1.165) is 6.26 Å². The van der Waals surface area contributed by atoms with Crippen LogP contribution in [-0.4, -0.2) is 54.4 Å². The monoisotopic (exact) mass is 277 g/mol. The van der Waals surface area contributed by atoms with E-state index < -0.39 is 31.9 Å². The van der Waals surface area contributed by atoms with Gasteiger partial charge >= 0.3 is 5.97 Å². The van der Waals surface area contributed by atoms with E-state index in [9.17, 15) is 18.0 Å². The lowest BCUT2D eigenvalue weighted by Gasteiger charge is -2.28. The summed E-state index contributed by atoms with van der Waals surface area (Å²) in [6, 6.07) is 0. The van der Waals surface area contributed by atoms with Crippen molar-refractivity contribution in [2.75, 3.05) is 19.3 Å². The first-order valence-electron chi connectivity index (χ1n) is 5.64. The first kappa shape index (κ1) is 14.9. The van der Waals surface area contributed by atoms with E-state index in [1.807, 2.05) is 0 Å². The molecule has 0 aromatic rings. The van der Waals surface area contributed by atoms with Crippen LogP contribution in [0.2, 0.25) is 0 Å². The highest BCUT2D eigenvalue weighted by molar-refractivity contribution is 7.92. The second-order valence-electron chi connectivity index (χ2n) is 5.62. The number of nitrogens with zero attached hydrogens (tertiary/aromatic N) is 1. The van der Waals surface area contributed by atoms with E-state index in [4.69, 9.17) is 5.11 Å². The number of carboxylic acids is 1. The Morgan fingerprint density at radius 1 is 1.33 bits per heavy atom. The number of rotatable bonds is 3. The van der Waals surface area contributed by atoms with Gasteiger partial charge in [-0.25, -0.2) is 8.42 Å². The minimum absolute atomic E-state index is 0.0557. The van der Waals surface area contributed by atoms with E-state index in [0.29, 0.717) is 6.42 Å². The Bertz CT molecular complexity index is 482. The molecule has 1 heterocycles. The van der Waals surface area contributed by atoms with Crippen molar-refractivity contribution in [1.29, 1.82) is 0 Å². The summed E-state index contributed by atoms with van der Waals surface area (Å²) in [7, 11) is -3.54. The minimum atomic E-state index is -3.54. The van der Waals surface area contributed by atoms with Crippen LogP contribution in [-0.2, 0) is 19.4 Å². The molecule has 6 nitrogen and oxygen atoms in total. The highest BCUT2D eigenvalue weighted by Crippen LogP contribution is 2.32. The van der Waals surface area contributed by atoms with Gasteiger partial charge in [-0.15, -0.1) is 0 Å². The average Bonchev–Trinajstić information content (AvgIpc) is 2.59. The van der Waals surface area contributed by atoms with E-state index >= 15 is 0 Å². The number of hydrogen-bond acceptors (Lipinski definition) is 4. The van der Waals surface area contributed by atoms with Gasteiger partial charge in [-0.05, 0) is 27.2 Å². The summed E-state index contributed by atoms with van der Waals surface area (Å²) in [5.74, 6) is -1.50. The van der Waals surface area contributed by atoms with Crippen molar-refractivity contribution in [3.63, 3.8) is 0 Å². The molecule has 1 atom stereocenters. The second kappa shape index (κ2) is 4.22. The Labute approximate surface area is 107 Å². The Balaban J connectivity index is 2.94. The molecule has 1 unspecified atom stereocenters. The fourth-order valence-electron chi connectivity index (χ4n) is 1.85. The van der Waals surface area contributed by atoms with Crippen LogP contribution in [0.3, 0.4) is 0 Å². The molecular formula is C11H19NO5S. The van der Waals surface area contributed by atoms with Crippen molar-refractivity contribution in [3.05, 3.63) is 0 Å². The number of likely N-dealkylation sites (tertiary alicyclic amines) is 1.